The molecule has 10 nitrogen and oxygen atoms in total. The van der Waals surface area contributed by atoms with E-state index in [0.717, 1.165) is 17.0 Å². The summed E-state index contributed by atoms with van der Waals surface area (Å²) in [4.78, 5) is 52.8. The van der Waals surface area contributed by atoms with Crippen molar-refractivity contribution >= 4 is 35.1 Å². The van der Waals surface area contributed by atoms with E-state index in [1.54, 1.807) is 54.3 Å². The first kappa shape index (κ1) is 23.1. The minimum atomic E-state index is -1.36. The lowest BCUT2D eigenvalue weighted by atomic mass is 9.91. The van der Waals surface area contributed by atoms with Crippen molar-refractivity contribution in [3.63, 3.8) is 0 Å². The van der Waals surface area contributed by atoms with Gasteiger partial charge in [0, 0.05) is 24.3 Å². The molecule has 2 heterocycles. The highest BCUT2D eigenvalue weighted by molar-refractivity contribution is 6.10. The number of urea groups is 1. The Kier molecular flexibility index (Phi) is 6.14. The van der Waals surface area contributed by atoms with Gasteiger partial charge >= 0.3 is 6.03 Å². The van der Waals surface area contributed by atoms with Crippen LogP contribution in [-0.4, -0.2) is 56.0 Å². The Morgan fingerprint density at radius 1 is 1.06 bits per heavy atom. The highest BCUT2D eigenvalue weighted by Crippen LogP contribution is 2.35. The van der Waals surface area contributed by atoms with Crippen LogP contribution >= 0.6 is 0 Å². The van der Waals surface area contributed by atoms with Crippen LogP contribution in [0.4, 0.5) is 16.2 Å². The van der Waals surface area contributed by atoms with Crippen molar-refractivity contribution in [1.29, 1.82) is 0 Å². The Labute approximate surface area is 196 Å². The van der Waals surface area contributed by atoms with Gasteiger partial charge in [-0.25, -0.2) is 4.79 Å². The van der Waals surface area contributed by atoms with Gasteiger partial charge in [0.05, 0.1) is 14.2 Å². The average molecular weight is 466 g/mol. The molecule has 4 rings (SSSR count). The minimum Gasteiger partial charge on any atom is -0.493 e. The molecule has 1 atom stereocenters. The van der Waals surface area contributed by atoms with E-state index in [-0.39, 0.29) is 5.91 Å². The molecule has 5 amide bonds. The molecule has 2 saturated heterocycles. The van der Waals surface area contributed by atoms with Crippen molar-refractivity contribution in [1.82, 2.24) is 10.2 Å². The first-order chi connectivity index (χ1) is 16.3. The molecule has 34 heavy (non-hydrogen) atoms. The van der Waals surface area contributed by atoms with E-state index in [0.29, 0.717) is 35.7 Å². The molecule has 2 aromatic rings. The van der Waals surface area contributed by atoms with Gasteiger partial charge in [-0.3, -0.25) is 19.3 Å². The lowest BCUT2D eigenvalue weighted by Gasteiger charge is -2.23. The van der Waals surface area contributed by atoms with Crippen LogP contribution in [0.25, 0.3) is 0 Å². The highest BCUT2D eigenvalue weighted by atomic mass is 16.5. The van der Waals surface area contributed by atoms with Crippen LogP contribution in [0.2, 0.25) is 0 Å². The summed E-state index contributed by atoms with van der Waals surface area (Å²) in [5.74, 6) is -0.0952. The fourth-order valence-corrected chi connectivity index (χ4v) is 4.17. The number of ether oxygens (including phenoxy) is 2. The third-order valence-corrected chi connectivity index (χ3v) is 6.07. The summed E-state index contributed by atoms with van der Waals surface area (Å²) in [6.45, 7) is 1.81. The average Bonchev–Trinajstić information content (AvgIpc) is 3.35. The highest BCUT2D eigenvalue weighted by Gasteiger charge is 2.49. The van der Waals surface area contributed by atoms with Gasteiger partial charge in [0.15, 0.2) is 11.5 Å². The zero-order chi connectivity index (χ0) is 24.5. The van der Waals surface area contributed by atoms with Crippen LogP contribution in [0.3, 0.4) is 0 Å². The molecular weight excluding hydrogens is 440 g/mol. The number of nitrogens with one attached hydrogen (secondary N) is 2. The predicted molar refractivity (Wildman–Crippen MR) is 124 cm³/mol. The molecule has 0 aromatic heterocycles. The van der Waals surface area contributed by atoms with Crippen LogP contribution in [0.5, 0.6) is 11.5 Å². The molecule has 2 aromatic carbocycles. The summed E-state index contributed by atoms with van der Waals surface area (Å²) in [5, 5.41) is 5.36. The summed E-state index contributed by atoms with van der Waals surface area (Å²) >= 11 is 0. The Balaban J connectivity index is 1.44. The molecule has 0 saturated carbocycles. The van der Waals surface area contributed by atoms with Gasteiger partial charge in [-0.05, 0) is 55.3 Å². The zero-order valence-corrected chi connectivity index (χ0v) is 19.2. The van der Waals surface area contributed by atoms with Crippen LogP contribution in [-0.2, 0) is 19.9 Å². The molecule has 0 bridgehead atoms. The molecule has 0 spiro atoms. The second kappa shape index (κ2) is 9.05. The van der Waals surface area contributed by atoms with Crippen molar-refractivity contribution in [3.8, 4) is 11.5 Å². The monoisotopic (exact) mass is 466 g/mol. The van der Waals surface area contributed by atoms with Gasteiger partial charge in [0.1, 0.15) is 12.1 Å². The Morgan fingerprint density at radius 3 is 2.38 bits per heavy atom. The summed E-state index contributed by atoms with van der Waals surface area (Å²) in [6, 6.07) is 11.1. The topological polar surface area (TPSA) is 117 Å². The molecule has 178 valence electrons. The minimum absolute atomic E-state index is 0.0767. The number of carbonyl (C=O) groups is 4. The molecule has 0 aliphatic carbocycles. The molecule has 0 unspecified atom stereocenters. The quantitative estimate of drug-likeness (QED) is 0.605. The normalized spacial score (nSPS) is 19.9. The fraction of sp³-hybridized carbons (Fsp3) is 0.333. The van der Waals surface area contributed by atoms with E-state index < -0.39 is 29.9 Å². The van der Waals surface area contributed by atoms with Gasteiger partial charge in [-0.2, -0.15) is 0 Å². The van der Waals surface area contributed by atoms with Crippen LogP contribution in [0, 0.1) is 0 Å². The Morgan fingerprint density at radius 2 is 1.76 bits per heavy atom. The standard InChI is InChI=1S/C24H26N4O6/c1-24(15-6-11-18(33-2)19(13-15)34-3)22(31)28(23(32)26-24)14-20(29)25-16-7-9-17(10-8-16)27-12-4-5-21(27)30/h6-11,13H,4-5,12,14H2,1-3H3,(H,25,29)(H,26,32)/t24-/m0/s1. The molecular formula is C24H26N4O6. The number of imide groups is 1. The number of carbonyl (C=O) groups excluding carboxylic acids is 4. The molecule has 2 aliphatic rings. The maximum atomic E-state index is 13.2. The fourth-order valence-electron chi connectivity index (χ4n) is 4.17. The Hall–Kier alpha value is -4.08. The van der Waals surface area contributed by atoms with E-state index in [1.165, 1.54) is 14.2 Å². The van der Waals surface area contributed by atoms with Crippen molar-refractivity contribution in [2.45, 2.75) is 25.3 Å². The second-order valence-electron chi connectivity index (χ2n) is 8.26. The number of anilines is 2. The number of hydrogen-bond donors (Lipinski definition) is 2. The maximum absolute atomic E-state index is 13.2. The zero-order valence-electron chi connectivity index (χ0n) is 19.2. The number of rotatable bonds is 7. The maximum Gasteiger partial charge on any atom is 0.325 e. The molecule has 10 heteroatoms. The summed E-state index contributed by atoms with van der Waals surface area (Å²) in [5.41, 5.74) is 0.398. The van der Waals surface area contributed by atoms with Gasteiger partial charge < -0.3 is 25.0 Å². The number of nitrogens with zero attached hydrogens (tertiary/aromatic N) is 2. The number of hydrogen-bond acceptors (Lipinski definition) is 6. The Bertz CT molecular complexity index is 1150. The summed E-state index contributed by atoms with van der Waals surface area (Å²) in [6.07, 6.45) is 1.36. The van der Waals surface area contributed by atoms with Gasteiger partial charge in [0.25, 0.3) is 5.91 Å². The molecule has 2 fully saturated rings. The van der Waals surface area contributed by atoms with Gasteiger partial charge in [0.2, 0.25) is 11.8 Å². The van der Waals surface area contributed by atoms with Crippen molar-refractivity contribution < 1.29 is 28.7 Å². The third kappa shape index (κ3) is 4.14. The van der Waals surface area contributed by atoms with Crippen molar-refractivity contribution in [2.75, 3.05) is 37.5 Å². The number of amides is 5. The van der Waals surface area contributed by atoms with Crippen molar-refractivity contribution in [2.24, 2.45) is 0 Å². The SMILES string of the molecule is COc1ccc([C@]2(C)NC(=O)N(CC(=O)Nc3ccc(N4CCCC4=O)cc3)C2=O)cc1OC. The molecule has 2 aliphatic heterocycles. The van der Waals surface area contributed by atoms with E-state index in [9.17, 15) is 19.2 Å². The van der Waals surface area contributed by atoms with E-state index in [4.69, 9.17) is 9.47 Å². The summed E-state index contributed by atoms with van der Waals surface area (Å²) < 4.78 is 10.5. The van der Waals surface area contributed by atoms with E-state index >= 15 is 0 Å². The second-order valence-corrected chi connectivity index (χ2v) is 8.26. The predicted octanol–water partition coefficient (Wildman–Crippen LogP) is 2.24. The van der Waals surface area contributed by atoms with E-state index in [1.807, 2.05) is 0 Å². The summed E-state index contributed by atoms with van der Waals surface area (Å²) in [7, 11) is 2.98. The van der Waals surface area contributed by atoms with Crippen molar-refractivity contribution in [3.05, 3.63) is 48.0 Å². The van der Waals surface area contributed by atoms with Crippen LogP contribution in [0.1, 0.15) is 25.3 Å². The lowest BCUT2D eigenvalue weighted by Crippen LogP contribution is -2.42. The largest absolute Gasteiger partial charge is 0.493 e. The third-order valence-electron chi connectivity index (χ3n) is 6.07. The van der Waals surface area contributed by atoms with E-state index in [2.05, 4.69) is 10.6 Å². The molecule has 2 N–H and O–H groups in total. The first-order valence-corrected chi connectivity index (χ1v) is 10.8. The van der Waals surface area contributed by atoms with Gasteiger partial charge in [-0.15, -0.1) is 0 Å². The van der Waals surface area contributed by atoms with Crippen LogP contribution < -0.4 is 25.0 Å². The lowest BCUT2D eigenvalue weighted by molar-refractivity contribution is -0.133. The van der Waals surface area contributed by atoms with Crippen LogP contribution in [0.15, 0.2) is 42.5 Å². The molecule has 0 radical (unpaired) electrons. The number of benzene rings is 2. The first-order valence-electron chi connectivity index (χ1n) is 10.8. The van der Waals surface area contributed by atoms with Gasteiger partial charge in [-0.1, -0.05) is 6.07 Å². The number of methoxy groups -OCH3 is 2. The smallest absolute Gasteiger partial charge is 0.325 e.